The summed E-state index contributed by atoms with van der Waals surface area (Å²) in [5.41, 5.74) is 1.03. The van der Waals surface area contributed by atoms with E-state index in [0.29, 0.717) is 18.1 Å². The lowest BCUT2D eigenvalue weighted by Crippen LogP contribution is -2.49. The minimum atomic E-state index is -0.00274. The van der Waals surface area contributed by atoms with Gasteiger partial charge in [0, 0.05) is 18.7 Å². The number of thiocarbonyl (C=S) groups is 1. The Bertz CT molecular complexity index is 638. The summed E-state index contributed by atoms with van der Waals surface area (Å²) in [7, 11) is 0. The van der Waals surface area contributed by atoms with Crippen molar-refractivity contribution in [1.82, 2.24) is 5.32 Å². The lowest BCUT2D eigenvalue weighted by atomic mass is 10.1. The molecule has 1 aliphatic rings. The third-order valence-electron chi connectivity index (χ3n) is 3.10. The van der Waals surface area contributed by atoms with Crippen molar-refractivity contribution in [3.05, 3.63) is 42.5 Å². The van der Waals surface area contributed by atoms with E-state index in [9.17, 15) is 4.79 Å². The molecule has 0 aliphatic carbocycles. The highest BCUT2D eigenvalue weighted by molar-refractivity contribution is 7.80. The van der Waals surface area contributed by atoms with Gasteiger partial charge >= 0.3 is 0 Å². The molecule has 0 spiro atoms. The van der Waals surface area contributed by atoms with Crippen molar-refractivity contribution >= 4 is 39.7 Å². The highest BCUT2D eigenvalue weighted by Crippen LogP contribution is 2.23. The van der Waals surface area contributed by atoms with Crippen LogP contribution in [0.5, 0.6) is 0 Å². The molecule has 2 aromatic rings. The molecule has 1 aliphatic heterocycles. The average molecular weight is 256 g/mol. The molecular formula is C14H12N2OS. The highest BCUT2D eigenvalue weighted by Gasteiger charge is 2.20. The quantitative estimate of drug-likeness (QED) is 0.795. The molecule has 1 heterocycles. The summed E-state index contributed by atoms with van der Waals surface area (Å²) in [6, 6.07) is 14.4. The zero-order chi connectivity index (χ0) is 12.5. The van der Waals surface area contributed by atoms with Crippen molar-refractivity contribution in [2.24, 2.45) is 0 Å². The lowest BCUT2D eigenvalue weighted by Gasteiger charge is -2.29. The van der Waals surface area contributed by atoms with Crippen LogP contribution in [0.1, 0.15) is 6.42 Å². The Morgan fingerprint density at radius 3 is 2.67 bits per heavy atom. The number of benzene rings is 2. The first-order chi connectivity index (χ1) is 8.74. The fourth-order valence-electron chi connectivity index (χ4n) is 2.16. The number of rotatable bonds is 1. The number of hydrogen-bond donors (Lipinski definition) is 1. The van der Waals surface area contributed by atoms with E-state index in [-0.39, 0.29) is 5.91 Å². The normalized spacial score (nSPS) is 15.9. The predicted molar refractivity (Wildman–Crippen MR) is 76.7 cm³/mol. The Hall–Kier alpha value is -1.94. The molecule has 0 aromatic heterocycles. The van der Waals surface area contributed by atoms with Gasteiger partial charge in [-0.05, 0) is 35.1 Å². The van der Waals surface area contributed by atoms with E-state index in [0.717, 1.165) is 5.69 Å². The van der Waals surface area contributed by atoms with Crippen molar-refractivity contribution in [1.29, 1.82) is 0 Å². The SMILES string of the molecule is O=C1CCN(c2ccc3ccccc3c2)C(=S)N1. The molecule has 2 aromatic carbocycles. The molecule has 3 nitrogen and oxygen atoms in total. The second-order valence-corrected chi connectivity index (χ2v) is 4.67. The van der Waals surface area contributed by atoms with Gasteiger partial charge in [0.15, 0.2) is 5.11 Å². The van der Waals surface area contributed by atoms with Crippen LogP contribution in [0.2, 0.25) is 0 Å². The third kappa shape index (κ3) is 1.95. The van der Waals surface area contributed by atoms with Gasteiger partial charge in [-0.1, -0.05) is 30.3 Å². The van der Waals surface area contributed by atoms with E-state index in [1.807, 2.05) is 23.1 Å². The van der Waals surface area contributed by atoms with Gasteiger partial charge in [-0.3, -0.25) is 4.79 Å². The van der Waals surface area contributed by atoms with Crippen LogP contribution in [0, 0.1) is 0 Å². The smallest absolute Gasteiger partial charge is 0.227 e. The summed E-state index contributed by atoms with van der Waals surface area (Å²) in [5.74, 6) is -0.00274. The summed E-state index contributed by atoms with van der Waals surface area (Å²) in [4.78, 5) is 13.2. The summed E-state index contributed by atoms with van der Waals surface area (Å²) >= 11 is 5.20. The number of anilines is 1. The molecule has 0 radical (unpaired) electrons. The van der Waals surface area contributed by atoms with Gasteiger partial charge in [0.2, 0.25) is 5.91 Å². The third-order valence-corrected chi connectivity index (χ3v) is 3.42. The molecule has 3 rings (SSSR count). The van der Waals surface area contributed by atoms with E-state index in [1.54, 1.807) is 0 Å². The molecule has 4 heteroatoms. The largest absolute Gasteiger partial charge is 0.318 e. The maximum Gasteiger partial charge on any atom is 0.227 e. The maximum absolute atomic E-state index is 11.2. The Labute approximate surface area is 110 Å². The first-order valence-corrected chi connectivity index (χ1v) is 6.25. The number of carbonyl (C=O) groups excluding carboxylic acids is 1. The minimum absolute atomic E-state index is 0.00274. The van der Waals surface area contributed by atoms with Gasteiger partial charge in [-0.15, -0.1) is 0 Å². The van der Waals surface area contributed by atoms with Crippen LogP contribution in [0.3, 0.4) is 0 Å². The van der Waals surface area contributed by atoms with Gasteiger partial charge < -0.3 is 10.2 Å². The second kappa shape index (κ2) is 4.38. The first-order valence-electron chi connectivity index (χ1n) is 5.84. The van der Waals surface area contributed by atoms with Crippen molar-refractivity contribution < 1.29 is 4.79 Å². The number of nitrogens with one attached hydrogen (secondary N) is 1. The standard InChI is InChI=1S/C14H12N2OS/c17-13-7-8-16(14(18)15-13)12-6-5-10-3-1-2-4-11(10)9-12/h1-6,9H,7-8H2,(H,15,17,18). The van der Waals surface area contributed by atoms with Crippen molar-refractivity contribution in [2.45, 2.75) is 6.42 Å². The lowest BCUT2D eigenvalue weighted by molar-refractivity contribution is -0.119. The van der Waals surface area contributed by atoms with Gasteiger partial charge in [-0.2, -0.15) is 0 Å². The van der Waals surface area contributed by atoms with E-state index in [4.69, 9.17) is 12.2 Å². The number of nitrogens with zero attached hydrogens (tertiary/aromatic N) is 1. The monoisotopic (exact) mass is 256 g/mol. The Balaban J connectivity index is 1.99. The molecule has 90 valence electrons. The average Bonchev–Trinajstić information content (AvgIpc) is 2.38. The number of amides is 1. The van der Waals surface area contributed by atoms with Gasteiger partial charge in [0.1, 0.15) is 0 Å². The number of carbonyl (C=O) groups is 1. The zero-order valence-electron chi connectivity index (χ0n) is 9.72. The molecule has 1 fully saturated rings. The van der Waals surface area contributed by atoms with Gasteiger partial charge in [0.05, 0.1) is 0 Å². The minimum Gasteiger partial charge on any atom is -0.318 e. The van der Waals surface area contributed by atoms with Crippen molar-refractivity contribution in [2.75, 3.05) is 11.4 Å². The van der Waals surface area contributed by atoms with Crippen LogP contribution in [-0.4, -0.2) is 17.6 Å². The van der Waals surface area contributed by atoms with Gasteiger partial charge in [0.25, 0.3) is 0 Å². The molecule has 18 heavy (non-hydrogen) atoms. The molecule has 1 amide bonds. The molecule has 0 bridgehead atoms. The summed E-state index contributed by atoms with van der Waals surface area (Å²) in [6.45, 7) is 0.642. The maximum atomic E-state index is 11.2. The topological polar surface area (TPSA) is 32.3 Å². The van der Waals surface area contributed by atoms with Crippen LogP contribution in [0.4, 0.5) is 5.69 Å². The first kappa shape index (κ1) is 11.2. The Morgan fingerprint density at radius 1 is 1.11 bits per heavy atom. The van der Waals surface area contributed by atoms with E-state index in [2.05, 4.69) is 29.6 Å². The van der Waals surface area contributed by atoms with E-state index < -0.39 is 0 Å². The molecule has 0 unspecified atom stereocenters. The molecule has 1 N–H and O–H groups in total. The fourth-order valence-corrected chi connectivity index (χ4v) is 2.47. The van der Waals surface area contributed by atoms with Gasteiger partial charge in [-0.25, -0.2) is 0 Å². The van der Waals surface area contributed by atoms with Crippen LogP contribution in [0.25, 0.3) is 10.8 Å². The van der Waals surface area contributed by atoms with Crippen LogP contribution in [-0.2, 0) is 4.79 Å². The van der Waals surface area contributed by atoms with E-state index >= 15 is 0 Å². The van der Waals surface area contributed by atoms with E-state index in [1.165, 1.54) is 10.8 Å². The molecule has 0 atom stereocenters. The number of hydrogen-bond acceptors (Lipinski definition) is 2. The molecule has 0 saturated carbocycles. The zero-order valence-corrected chi connectivity index (χ0v) is 10.5. The Morgan fingerprint density at radius 2 is 1.89 bits per heavy atom. The fraction of sp³-hybridized carbons (Fsp3) is 0.143. The van der Waals surface area contributed by atoms with Crippen molar-refractivity contribution in [3.63, 3.8) is 0 Å². The van der Waals surface area contributed by atoms with Crippen LogP contribution >= 0.6 is 12.2 Å². The highest BCUT2D eigenvalue weighted by atomic mass is 32.1. The summed E-state index contributed by atoms with van der Waals surface area (Å²) in [6.07, 6.45) is 0.479. The Kier molecular flexibility index (Phi) is 2.72. The second-order valence-electron chi connectivity index (χ2n) is 4.29. The summed E-state index contributed by atoms with van der Waals surface area (Å²) < 4.78 is 0. The molecular weight excluding hydrogens is 244 g/mol. The molecule has 1 saturated heterocycles. The number of fused-ring (bicyclic) bond motifs is 1. The van der Waals surface area contributed by atoms with Crippen LogP contribution in [0.15, 0.2) is 42.5 Å². The van der Waals surface area contributed by atoms with Crippen molar-refractivity contribution in [3.8, 4) is 0 Å². The predicted octanol–water partition coefficient (Wildman–Crippen LogP) is 2.45. The summed E-state index contributed by atoms with van der Waals surface area (Å²) in [5, 5.41) is 5.56. The van der Waals surface area contributed by atoms with Crippen LogP contribution < -0.4 is 10.2 Å².